The van der Waals surface area contributed by atoms with Crippen molar-refractivity contribution in [3.63, 3.8) is 0 Å². The molecule has 0 saturated heterocycles. The van der Waals surface area contributed by atoms with Gasteiger partial charge in [-0.1, -0.05) is 0 Å². The van der Waals surface area contributed by atoms with Crippen molar-refractivity contribution in [3.05, 3.63) is 34.1 Å². The highest BCUT2D eigenvalue weighted by atomic mass is 16.6. The molecule has 27 heavy (non-hydrogen) atoms. The van der Waals surface area contributed by atoms with Crippen molar-refractivity contribution in [1.82, 2.24) is 0 Å². The first kappa shape index (κ1) is 20.7. The fraction of sp³-hybridized carbons (Fsp3) is 0.474. The number of aryl methyl sites for hydroxylation is 1. The molecule has 8 nitrogen and oxygen atoms in total. The summed E-state index contributed by atoms with van der Waals surface area (Å²) in [7, 11) is 2.47. The average molecular weight is 380 g/mol. The first-order valence-electron chi connectivity index (χ1n) is 8.26. The Kier molecular flexibility index (Phi) is 5.53. The average Bonchev–Trinajstić information content (AvgIpc) is 2.65. The number of aliphatic hydroxyl groups is 2. The molecule has 0 radical (unpaired) electrons. The third-order valence-corrected chi connectivity index (χ3v) is 5.08. The van der Waals surface area contributed by atoms with Gasteiger partial charge in [-0.2, -0.15) is 0 Å². The van der Waals surface area contributed by atoms with Gasteiger partial charge in [0.15, 0.2) is 6.10 Å². The molecule has 3 atom stereocenters. The van der Waals surface area contributed by atoms with E-state index in [9.17, 15) is 24.9 Å². The van der Waals surface area contributed by atoms with E-state index in [4.69, 9.17) is 14.2 Å². The van der Waals surface area contributed by atoms with E-state index < -0.39 is 35.3 Å². The number of ether oxygens (including phenoxy) is 3. The number of benzene rings is 1. The number of carbonyl (C=O) groups excluding carboxylic acids is 2. The predicted octanol–water partition coefficient (Wildman–Crippen LogP) is 1.72. The van der Waals surface area contributed by atoms with Crippen LogP contribution in [0.25, 0.3) is 0 Å². The number of phenolic OH excluding ortho intramolecular Hbond substituents is 1. The minimum atomic E-state index is -1.63. The summed E-state index contributed by atoms with van der Waals surface area (Å²) < 4.78 is 16.0. The van der Waals surface area contributed by atoms with Crippen LogP contribution in [-0.2, 0) is 14.3 Å². The monoisotopic (exact) mass is 380 g/mol. The number of hydrogen-bond acceptors (Lipinski definition) is 8. The van der Waals surface area contributed by atoms with Gasteiger partial charge in [-0.3, -0.25) is 4.79 Å². The lowest BCUT2D eigenvalue weighted by atomic mass is 9.79. The molecule has 1 aromatic rings. The van der Waals surface area contributed by atoms with E-state index in [0.29, 0.717) is 5.56 Å². The normalized spacial score (nSPS) is 25.5. The Morgan fingerprint density at radius 1 is 1.19 bits per heavy atom. The van der Waals surface area contributed by atoms with Gasteiger partial charge in [-0.25, -0.2) is 4.79 Å². The molecule has 3 N–H and O–H groups in total. The quantitative estimate of drug-likeness (QED) is 0.675. The summed E-state index contributed by atoms with van der Waals surface area (Å²) in [6.07, 6.45) is -2.90. The molecule has 1 aliphatic rings. The molecule has 0 amide bonds. The van der Waals surface area contributed by atoms with E-state index in [-0.39, 0.29) is 28.2 Å². The van der Waals surface area contributed by atoms with Crippen molar-refractivity contribution >= 4 is 11.8 Å². The predicted molar refractivity (Wildman–Crippen MR) is 95.1 cm³/mol. The summed E-state index contributed by atoms with van der Waals surface area (Å²) in [5.74, 6) is -2.00. The summed E-state index contributed by atoms with van der Waals surface area (Å²) in [6.45, 7) is 5.87. The van der Waals surface area contributed by atoms with Crippen molar-refractivity contribution < 1.29 is 39.1 Å². The number of aliphatic hydroxyl groups excluding tert-OH is 2. The number of rotatable bonds is 4. The van der Waals surface area contributed by atoms with Gasteiger partial charge in [0.1, 0.15) is 34.5 Å². The highest BCUT2D eigenvalue weighted by Crippen LogP contribution is 2.40. The molecule has 0 saturated carbocycles. The molecule has 1 aliphatic carbocycles. The van der Waals surface area contributed by atoms with E-state index in [1.165, 1.54) is 41.1 Å². The Labute approximate surface area is 157 Å². The van der Waals surface area contributed by atoms with Crippen molar-refractivity contribution in [2.24, 2.45) is 0 Å². The van der Waals surface area contributed by atoms with Gasteiger partial charge in [-0.05, 0) is 39.3 Å². The second-order valence-corrected chi connectivity index (χ2v) is 6.70. The molecule has 0 unspecified atom stereocenters. The number of carbonyl (C=O) groups is 2. The van der Waals surface area contributed by atoms with Crippen LogP contribution >= 0.6 is 0 Å². The molecule has 0 aliphatic heterocycles. The number of hydrogen-bond donors (Lipinski definition) is 3. The Hall–Kier alpha value is -2.58. The highest BCUT2D eigenvalue weighted by molar-refractivity contribution is 6.02. The summed E-state index contributed by atoms with van der Waals surface area (Å²) in [4.78, 5) is 25.0. The van der Waals surface area contributed by atoms with E-state index >= 15 is 0 Å². The third kappa shape index (κ3) is 3.15. The SMILES string of the molecule is COC(=O)c1c(C)cc(O)c(C)c1O[C@@H]1C(=O)C(C)=C(O)[C@@H](O)[C@]1(C)OC. The molecule has 0 fully saturated rings. The number of Topliss-reactive ketones (excluding diaryl/α,β-unsaturated/α-hetero) is 1. The van der Waals surface area contributed by atoms with Crippen molar-refractivity contribution in [1.29, 1.82) is 0 Å². The van der Waals surface area contributed by atoms with Gasteiger partial charge in [-0.15, -0.1) is 0 Å². The maximum Gasteiger partial charge on any atom is 0.341 e. The van der Waals surface area contributed by atoms with Crippen molar-refractivity contribution in [2.45, 2.75) is 45.5 Å². The lowest BCUT2D eigenvalue weighted by Crippen LogP contribution is -2.61. The summed E-state index contributed by atoms with van der Waals surface area (Å²) in [6, 6.07) is 1.39. The summed E-state index contributed by atoms with van der Waals surface area (Å²) >= 11 is 0. The molecule has 148 valence electrons. The molecule has 0 heterocycles. The van der Waals surface area contributed by atoms with Crippen LogP contribution in [0.15, 0.2) is 17.4 Å². The second-order valence-electron chi connectivity index (χ2n) is 6.70. The van der Waals surface area contributed by atoms with Crippen LogP contribution in [0.5, 0.6) is 11.5 Å². The van der Waals surface area contributed by atoms with Crippen LogP contribution in [-0.4, -0.2) is 59.1 Å². The molecule has 0 bridgehead atoms. The first-order chi connectivity index (χ1) is 12.5. The minimum Gasteiger partial charge on any atom is -0.509 e. The van der Waals surface area contributed by atoms with Crippen LogP contribution in [0, 0.1) is 13.8 Å². The molecular weight excluding hydrogens is 356 g/mol. The van der Waals surface area contributed by atoms with E-state index in [1.54, 1.807) is 6.92 Å². The zero-order valence-electron chi connectivity index (χ0n) is 16.1. The number of phenols is 1. The zero-order valence-corrected chi connectivity index (χ0v) is 16.1. The molecule has 1 aromatic carbocycles. The van der Waals surface area contributed by atoms with Crippen LogP contribution in [0.4, 0.5) is 0 Å². The molecule has 0 spiro atoms. The Morgan fingerprint density at radius 3 is 2.30 bits per heavy atom. The van der Waals surface area contributed by atoms with E-state index in [2.05, 4.69) is 0 Å². The maximum atomic E-state index is 12.8. The second kappa shape index (κ2) is 7.21. The number of aromatic hydroxyl groups is 1. The number of methoxy groups -OCH3 is 2. The molecule has 8 heteroatoms. The fourth-order valence-corrected chi connectivity index (χ4v) is 3.08. The van der Waals surface area contributed by atoms with Crippen molar-refractivity contribution in [3.8, 4) is 11.5 Å². The van der Waals surface area contributed by atoms with Crippen LogP contribution in [0.3, 0.4) is 0 Å². The standard InChI is InChI=1S/C19H24O8/c1-8-7-11(20)9(2)15(12(8)18(24)25-5)27-17-14(22)10(3)13(21)16(23)19(17,4)26-6/h7,16-17,20-21,23H,1-6H3/t16-,17-,19+/m1/s1. The highest BCUT2D eigenvalue weighted by Gasteiger charge is 2.54. The minimum absolute atomic E-state index is 0.0463. The van der Waals surface area contributed by atoms with E-state index in [1.807, 2.05) is 0 Å². The molecule has 0 aromatic heterocycles. The Balaban J connectivity index is 2.68. The van der Waals surface area contributed by atoms with E-state index in [0.717, 1.165) is 0 Å². The summed E-state index contributed by atoms with van der Waals surface area (Å²) in [5.41, 5.74) is -1.04. The van der Waals surface area contributed by atoms with Gasteiger partial charge in [0.05, 0.1) is 7.11 Å². The van der Waals surface area contributed by atoms with Crippen molar-refractivity contribution in [2.75, 3.05) is 14.2 Å². The van der Waals surface area contributed by atoms with Crippen LogP contribution in [0.1, 0.15) is 35.3 Å². The fourth-order valence-electron chi connectivity index (χ4n) is 3.08. The number of ketones is 1. The first-order valence-corrected chi connectivity index (χ1v) is 8.26. The third-order valence-electron chi connectivity index (χ3n) is 5.08. The van der Waals surface area contributed by atoms with Gasteiger partial charge in [0, 0.05) is 18.2 Å². The van der Waals surface area contributed by atoms with Gasteiger partial charge >= 0.3 is 5.97 Å². The zero-order chi connectivity index (χ0) is 20.7. The summed E-state index contributed by atoms with van der Waals surface area (Å²) in [5, 5.41) is 30.6. The Bertz CT molecular complexity index is 825. The molecular formula is C19H24O8. The largest absolute Gasteiger partial charge is 0.509 e. The van der Waals surface area contributed by atoms with Crippen LogP contribution < -0.4 is 4.74 Å². The topological polar surface area (TPSA) is 123 Å². The van der Waals surface area contributed by atoms with Gasteiger partial charge in [0.25, 0.3) is 0 Å². The molecule has 2 rings (SSSR count). The van der Waals surface area contributed by atoms with Gasteiger partial charge in [0.2, 0.25) is 5.78 Å². The number of esters is 1. The van der Waals surface area contributed by atoms with Crippen LogP contribution in [0.2, 0.25) is 0 Å². The lowest BCUT2D eigenvalue weighted by molar-refractivity contribution is -0.165. The maximum absolute atomic E-state index is 12.8. The lowest BCUT2D eigenvalue weighted by Gasteiger charge is -2.42. The smallest absolute Gasteiger partial charge is 0.341 e. The van der Waals surface area contributed by atoms with Gasteiger partial charge < -0.3 is 29.5 Å². The Morgan fingerprint density at radius 2 is 1.78 bits per heavy atom.